The molecule has 1 N–H and O–H groups in total. The third-order valence-electron chi connectivity index (χ3n) is 4.18. The predicted octanol–water partition coefficient (Wildman–Crippen LogP) is 1.90. The molecule has 0 aromatic carbocycles. The number of carbonyl (C=O) groups excluding carboxylic acids is 1. The van der Waals surface area contributed by atoms with Crippen LogP contribution in [0.15, 0.2) is 5.10 Å². The molecule has 144 valence electrons. The maximum absolute atomic E-state index is 13.2. The van der Waals surface area contributed by atoms with E-state index in [4.69, 9.17) is 0 Å². The van der Waals surface area contributed by atoms with Crippen LogP contribution in [0, 0.1) is 29.9 Å². The second kappa shape index (κ2) is 6.34. The number of hydrazone groups is 1. The van der Waals surface area contributed by atoms with Crippen LogP contribution in [0.5, 0.6) is 0 Å². The van der Waals surface area contributed by atoms with E-state index in [1.54, 1.807) is 0 Å². The number of halogens is 3. The van der Waals surface area contributed by atoms with E-state index >= 15 is 0 Å². The highest BCUT2D eigenvalue weighted by atomic mass is 19.4. The van der Waals surface area contributed by atoms with Gasteiger partial charge < -0.3 is 5.11 Å². The van der Waals surface area contributed by atoms with E-state index in [0.29, 0.717) is 0 Å². The second-order valence-corrected chi connectivity index (χ2v) is 6.34. The third-order valence-corrected chi connectivity index (χ3v) is 4.18. The molecule has 0 spiro atoms. The highest BCUT2D eigenvalue weighted by Crippen LogP contribution is 2.41. The van der Waals surface area contributed by atoms with E-state index in [9.17, 15) is 33.2 Å². The summed E-state index contributed by atoms with van der Waals surface area (Å²) in [5.74, 6) is -2.12. The Morgan fingerprint density at radius 3 is 2.46 bits per heavy atom. The summed E-state index contributed by atoms with van der Waals surface area (Å²) in [6.07, 6.45) is -5.92. The summed E-state index contributed by atoms with van der Waals surface area (Å²) in [6.45, 7) is 5.27. The number of aliphatic hydroxyl groups is 1. The molecule has 2 unspecified atom stereocenters. The molecule has 2 rings (SSSR count). The zero-order valence-electron chi connectivity index (χ0n) is 14.5. The van der Waals surface area contributed by atoms with Crippen LogP contribution < -0.4 is 0 Å². The van der Waals surface area contributed by atoms with Gasteiger partial charge in [0, 0.05) is 12.1 Å². The third kappa shape index (κ3) is 3.16. The second-order valence-electron chi connectivity index (χ2n) is 6.34. The number of hydrogen-bond donors (Lipinski definition) is 1. The summed E-state index contributed by atoms with van der Waals surface area (Å²) >= 11 is 0. The molecule has 1 aliphatic heterocycles. The van der Waals surface area contributed by atoms with Gasteiger partial charge in [0.2, 0.25) is 5.91 Å². The zero-order valence-corrected chi connectivity index (χ0v) is 14.5. The molecule has 9 nitrogen and oxygen atoms in total. The summed E-state index contributed by atoms with van der Waals surface area (Å²) in [5.41, 5.74) is -3.34. The molecule has 1 amide bonds. The molecule has 0 fully saturated rings. The Hall–Kier alpha value is -2.50. The van der Waals surface area contributed by atoms with Crippen LogP contribution in [0.2, 0.25) is 0 Å². The smallest absolute Gasteiger partial charge is 0.362 e. The highest BCUT2D eigenvalue weighted by Gasteiger charge is 2.63. The lowest BCUT2D eigenvalue weighted by molar-refractivity contribution is -0.386. The van der Waals surface area contributed by atoms with Gasteiger partial charge in [0.05, 0.1) is 17.4 Å². The van der Waals surface area contributed by atoms with Crippen LogP contribution in [0.4, 0.5) is 18.9 Å². The van der Waals surface area contributed by atoms with Crippen molar-refractivity contribution in [1.29, 1.82) is 0 Å². The van der Waals surface area contributed by atoms with Crippen molar-refractivity contribution in [2.75, 3.05) is 0 Å². The van der Waals surface area contributed by atoms with Crippen molar-refractivity contribution in [3.8, 4) is 0 Å². The monoisotopic (exact) mass is 377 g/mol. The van der Waals surface area contributed by atoms with Crippen LogP contribution in [-0.2, 0) is 11.3 Å². The Bertz CT molecular complexity index is 788. The van der Waals surface area contributed by atoms with Crippen molar-refractivity contribution in [3.63, 3.8) is 0 Å². The number of amides is 1. The summed E-state index contributed by atoms with van der Waals surface area (Å²) in [4.78, 5) is 22.9. The molecule has 12 heteroatoms. The maximum atomic E-state index is 13.2. The number of nitrogens with zero attached hydrogens (tertiary/aromatic N) is 5. The van der Waals surface area contributed by atoms with Gasteiger partial charge in [-0.1, -0.05) is 6.92 Å². The molecule has 1 aromatic heterocycles. The minimum absolute atomic E-state index is 0.0351. The van der Waals surface area contributed by atoms with E-state index in [1.807, 2.05) is 0 Å². The first kappa shape index (κ1) is 19.8. The number of hydrogen-bond acceptors (Lipinski definition) is 6. The van der Waals surface area contributed by atoms with Gasteiger partial charge in [-0.3, -0.25) is 19.6 Å². The van der Waals surface area contributed by atoms with Crippen LogP contribution in [-0.4, -0.2) is 48.3 Å². The van der Waals surface area contributed by atoms with Gasteiger partial charge in [-0.15, -0.1) is 0 Å². The van der Waals surface area contributed by atoms with Crippen molar-refractivity contribution >= 4 is 17.3 Å². The van der Waals surface area contributed by atoms with Gasteiger partial charge in [-0.25, -0.2) is 0 Å². The summed E-state index contributed by atoms with van der Waals surface area (Å²) in [6, 6.07) is 0. The fourth-order valence-electron chi connectivity index (χ4n) is 2.85. The van der Waals surface area contributed by atoms with Crippen molar-refractivity contribution in [2.24, 2.45) is 11.0 Å². The molecular formula is C14H18F3N5O4. The predicted molar refractivity (Wildman–Crippen MR) is 83.1 cm³/mol. The van der Waals surface area contributed by atoms with Gasteiger partial charge in [-0.2, -0.15) is 28.4 Å². The van der Waals surface area contributed by atoms with Crippen LogP contribution in [0.25, 0.3) is 0 Å². The summed E-state index contributed by atoms with van der Waals surface area (Å²) in [5, 5.41) is 28.5. The molecule has 1 aromatic rings. The topological polar surface area (TPSA) is 114 Å². The van der Waals surface area contributed by atoms with Gasteiger partial charge in [-0.05, 0) is 20.8 Å². The standard InChI is InChI=1S/C14H18F3N5O4/c1-7(6-20-10(4)11(22(25)26)9(3)19-20)12(23)21-13(24,14(15,16)17)5-8(2)18-21/h7,24H,5-6H2,1-4H3. The van der Waals surface area contributed by atoms with Crippen molar-refractivity contribution in [1.82, 2.24) is 14.8 Å². The lowest BCUT2D eigenvalue weighted by atomic mass is 10.0. The normalized spacial score (nSPS) is 21.7. The first-order valence-corrected chi connectivity index (χ1v) is 7.65. The van der Waals surface area contributed by atoms with E-state index in [1.165, 1.54) is 32.4 Å². The summed E-state index contributed by atoms with van der Waals surface area (Å²) < 4.78 is 40.8. The lowest BCUT2D eigenvalue weighted by Gasteiger charge is -2.33. The Morgan fingerprint density at radius 1 is 1.42 bits per heavy atom. The molecule has 0 saturated heterocycles. The van der Waals surface area contributed by atoms with E-state index in [2.05, 4.69) is 10.2 Å². The van der Waals surface area contributed by atoms with Gasteiger partial charge in [0.25, 0.3) is 5.72 Å². The van der Waals surface area contributed by atoms with Crippen molar-refractivity contribution in [2.45, 2.75) is 52.6 Å². The number of nitro groups is 1. The van der Waals surface area contributed by atoms with Gasteiger partial charge in [0.1, 0.15) is 11.4 Å². The molecule has 0 bridgehead atoms. The van der Waals surface area contributed by atoms with E-state index < -0.39 is 35.1 Å². The minimum Gasteiger partial charge on any atom is -0.362 e. The average Bonchev–Trinajstić information content (AvgIpc) is 2.94. The molecular weight excluding hydrogens is 359 g/mol. The minimum atomic E-state index is -5.08. The number of rotatable bonds is 4. The van der Waals surface area contributed by atoms with Crippen LogP contribution >= 0.6 is 0 Å². The number of alkyl halides is 3. The summed E-state index contributed by atoms with van der Waals surface area (Å²) in [7, 11) is 0. The zero-order chi connectivity index (χ0) is 20.0. The molecule has 0 aliphatic carbocycles. The number of aromatic nitrogens is 2. The van der Waals surface area contributed by atoms with Gasteiger partial charge in [0.15, 0.2) is 0 Å². The van der Waals surface area contributed by atoms with E-state index in [-0.39, 0.29) is 34.3 Å². The highest BCUT2D eigenvalue weighted by molar-refractivity contribution is 5.89. The molecule has 0 saturated carbocycles. The first-order valence-electron chi connectivity index (χ1n) is 7.65. The molecule has 26 heavy (non-hydrogen) atoms. The Labute approximate surface area is 146 Å². The first-order chi connectivity index (χ1) is 11.8. The Balaban J connectivity index is 2.28. The molecule has 1 aliphatic rings. The van der Waals surface area contributed by atoms with Crippen molar-refractivity contribution in [3.05, 3.63) is 21.5 Å². The largest absolute Gasteiger partial charge is 0.438 e. The van der Waals surface area contributed by atoms with Crippen LogP contribution in [0.3, 0.4) is 0 Å². The SMILES string of the molecule is CC1=NN(C(=O)C(C)Cn2nc(C)c([N+](=O)[O-])c2C)C(O)(C(F)(F)F)C1. The fourth-order valence-corrected chi connectivity index (χ4v) is 2.85. The fraction of sp³-hybridized carbons (Fsp3) is 0.643. The average molecular weight is 377 g/mol. The van der Waals surface area contributed by atoms with E-state index in [0.717, 1.165) is 0 Å². The van der Waals surface area contributed by atoms with Crippen LogP contribution in [0.1, 0.15) is 31.7 Å². The maximum Gasteiger partial charge on any atom is 0.438 e. The van der Waals surface area contributed by atoms with Crippen molar-refractivity contribution < 1.29 is 28.0 Å². The number of carbonyl (C=O) groups is 1. The molecule has 2 heterocycles. The Morgan fingerprint density at radius 2 is 2.00 bits per heavy atom. The Kier molecular flexibility index (Phi) is 4.83. The lowest BCUT2D eigenvalue weighted by Crippen LogP contribution is -2.57. The van der Waals surface area contributed by atoms with Gasteiger partial charge >= 0.3 is 11.9 Å². The number of aryl methyl sites for hydroxylation is 1. The molecule has 0 radical (unpaired) electrons. The quantitative estimate of drug-likeness (QED) is 0.636. The molecule has 2 atom stereocenters.